The molecule has 5 nitrogen and oxygen atoms in total. The molecule has 0 unspecified atom stereocenters. The Labute approximate surface area is 122 Å². The van der Waals surface area contributed by atoms with E-state index in [1.807, 2.05) is 28.7 Å². The predicted octanol–water partition coefficient (Wildman–Crippen LogP) is 2.63. The van der Waals surface area contributed by atoms with E-state index < -0.39 is 5.97 Å². The van der Waals surface area contributed by atoms with Gasteiger partial charge in [0.25, 0.3) is 0 Å². The molecule has 1 aliphatic carbocycles. The van der Waals surface area contributed by atoms with E-state index in [1.165, 1.54) is 4.90 Å². The summed E-state index contributed by atoms with van der Waals surface area (Å²) in [6.07, 6.45) is 2.79. The molecule has 0 saturated heterocycles. The van der Waals surface area contributed by atoms with Gasteiger partial charge in [-0.25, -0.2) is 4.79 Å². The lowest BCUT2D eigenvalue weighted by atomic mass is 10.3. The van der Waals surface area contributed by atoms with Crippen molar-refractivity contribution in [3.63, 3.8) is 0 Å². The number of carbonyl (C=O) groups is 2. The number of carbonyl (C=O) groups excluding carboxylic acids is 1. The lowest BCUT2D eigenvalue weighted by Gasteiger charge is -2.29. The van der Waals surface area contributed by atoms with Gasteiger partial charge in [0.1, 0.15) is 6.54 Å². The number of aliphatic carboxylic acids is 1. The van der Waals surface area contributed by atoms with Crippen molar-refractivity contribution in [2.45, 2.75) is 38.8 Å². The topological polar surface area (TPSA) is 60.9 Å². The zero-order valence-corrected chi connectivity index (χ0v) is 12.4. The standard InChI is InChI=1S/C14H20N2O3S/c1-2-6-15(9-13(17)18)14(19)16(12-3-4-12)8-11-5-7-20-10-11/h5,7,10,12H,2-4,6,8-9H2,1H3,(H,17,18). The van der Waals surface area contributed by atoms with Crippen molar-refractivity contribution in [1.29, 1.82) is 0 Å². The highest BCUT2D eigenvalue weighted by Gasteiger charge is 2.35. The summed E-state index contributed by atoms with van der Waals surface area (Å²) < 4.78 is 0. The van der Waals surface area contributed by atoms with E-state index in [2.05, 4.69) is 0 Å². The molecule has 1 heterocycles. The predicted molar refractivity (Wildman–Crippen MR) is 77.8 cm³/mol. The fourth-order valence-corrected chi connectivity index (χ4v) is 2.84. The first-order valence-corrected chi connectivity index (χ1v) is 7.84. The zero-order chi connectivity index (χ0) is 14.5. The Morgan fingerprint density at radius 3 is 2.70 bits per heavy atom. The monoisotopic (exact) mass is 296 g/mol. The quantitative estimate of drug-likeness (QED) is 0.841. The molecule has 2 amide bonds. The third-order valence-corrected chi connectivity index (χ3v) is 3.99. The minimum Gasteiger partial charge on any atom is -0.480 e. The fraction of sp³-hybridized carbons (Fsp3) is 0.571. The lowest BCUT2D eigenvalue weighted by molar-refractivity contribution is -0.137. The first-order valence-electron chi connectivity index (χ1n) is 6.90. The first-order chi connectivity index (χ1) is 9.61. The molecule has 2 rings (SSSR count). The minimum absolute atomic E-state index is 0.150. The van der Waals surface area contributed by atoms with Gasteiger partial charge in [-0.15, -0.1) is 0 Å². The van der Waals surface area contributed by atoms with Crippen LogP contribution < -0.4 is 0 Å². The van der Waals surface area contributed by atoms with Crippen molar-refractivity contribution in [2.75, 3.05) is 13.1 Å². The van der Waals surface area contributed by atoms with Gasteiger partial charge in [-0.05, 0) is 41.7 Å². The first kappa shape index (κ1) is 14.8. The van der Waals surface area contributed by atoms with E-state index in [0.29, 0.717) is 13.1 Å². The molecule has 1 aliphatic rings. The number of urea groups is 1. The minimum atomic E-state index is -0.960. The number of nitrogens with zero attached hydrogens (tertiary/aromatic N) is 2. The summed E-state index contributed by atoms with van der Waals surface area (Å²) >= 11 is 1.61. The Bertz CT molecular complexity index is 457. The average Bonchev–Trinajstić information content (AvgIpc) is 3.11. The second-order valence-corrected chi connectivity index (χ2v) is 5.87. The summed E-state index contributed by atoms with van der Waals surface area (Å²) in [5.74, 6) is -0.960. The molecule has 0 aliphatic heterocycles. The Balaban J connectivity index is 2.06. The number of thiophene rings is 1. The maximum absolute atomic E-state index is 12.6. The van der Waals surface area contributed by atoms with Gasteiger partial charge in [0.15, 0.2) is 0 Å². The van der Waals surface area contributed by atoms with Crippen molar-refractivity contribution >= 4 is 23.3 Å². The number of carboxylic acid groups (broad SMARTS) is 1. The van der Waals surface area contributed by atoms with Crippen molar-refractivity contribution in [2.24, 2.45) is 0 Å². The van der Waals surface area contributed by atoms with Gasteiger partial charge in [0.05, 0.1) is 0 Å². The highest BCUT2D eigenvalue weighted by atomic mass is 32.1. The number of rotatable bonds is 7. The van der Waals surface area contributed by atoms with Gasteiger partial charge >= 0.3 is 12.0 Å². The second kappa shape index (κ2) is 6.74. The number of amides is 2. The molecule has 6 heteroatoms. The molecule has 110 valence electrons. The summed E-state index contributed by atoms with van der Waals surface area (Å²) in [7, 11) is 0. The molecule has 1 fully saturated rings. The Hall–Kier alpha value is -1.56. The molecule has 0 atom stereocenters. The van der Waals surface area contributed by atoms with Gasteiger partial charge < -0.3 is 14.9 Å². The second-order valence-electron chi connectivity index (χ2n) is 5.09. The van der Waals surface area contributed by atoms with E-state index in [-0.39, 0.29) is 18.6 Å². The molecular weight excluding hydrogens is 276 g/mol. The molecule has 1 N–H and O–H groups in total. The third-order valence-electron chi connectivity index (χ3n) is 3.26. The van der Waals surface area contributed by atoms with Crippen LogP contribution in [0.2, 0.25) is 0 Å². The Morgan fingerprint density at radius 1 is 1.45 bits per heavy atom. The molecule has 0 aromatic carbocycles. The highest BCUT2D eigenvalue weighted by Crippen LogP contribution is 2.29. The third kappa shape index (κ3) is 3.96. The van der Waals surface area contributed by atoms with Gasteiger partial charge in [0, 0.05) is 19.1 Å². The van der Waals surface area contributed by atoms with E-state index in [1.54, 1.807) is 11.3 Å². The van der Waals surface area contributed by atoms with Crippen molar-refractivity contribution in [1.82, 2.24) is 9.80 Å². The van der Waals surface area contributed by atoms with Crippen LogP contribution in [0, 0.1) is 0 Å². The van der Waals surface area contributed by atoms with Crippen LogP contribution in [0.25, 0.3) is 0 Å². The normalized spacial score (nSPS) is 14.1. The maximum atomic E-state index is 12.6. The summed E-state index contributed by atoms with van der Waals surface area (Å²) in [5.41, 5.74) is 1.11. The van der Waals surface area contributed by atoms with E-state index in [0.717, 1.165) is 24.8 Å². The van der Waals surface area contributed by atoms with Crippen LogP contribution >= 0.6 is 11.3 Å². The Morgan fingerprint density at radius 2 is 2.20 bits per heavy atom. The van der Waals surface area contributed by atoms with E-state index in [4.69, 9.17) is 5.11 Å². The molecule has 1 aromatic heterocycles. The summed E-state index contributed by atoms with van der Waals surface area (Å²) in [6, 6.07) is 2.13. The summed E-state index contributed by atoms with van der Waals surface area (Å²) in [6.45, 7) is 2.78. The molecular formula is C14H20N2O3S. The molecule has 0 bridgehead atoms. The highest BCUT2D eigenvalue weighted by molar-refractivity contribution is 7.07. The number of hydrogen-bond donors (Lipinski definition) is 1. The van der Waals surface area contributed by atoms with Crippen LogP contribution in [0.3, 0.4) is 0 Å². The van der Waals surface area contributed by atoms with E-state index >= 15 is 0 Å². The van der Waals surface area contributed by atoms with Gasteiger partial charge in [-0.3, -0.25) is 4.79 Å². The molecule has 1 saturated carbocycles. The van der Waals surface area contributed by atoms with Crippen LogP contribution in [0.15, 0.2) is 16.8 Å². The SMILES string of the molecule is CCCN(CC(=O)O)C(=O)N(Cc1ccsc1)C1CC1. The van der Waals surface area contributed by atoms with Gasteiger partial charge in [-0.2, -0.15) is 11.3 Å². The van der Waals surface area contributed by atoms with Crippen LogP contribution in [0.5, 0.6) is 0 Å². The van der Waals surface area contributed by atoms with Crippen molar-refractivity contribution < 1.29 is 14.7 Å². The Kier molecular flexibility index (Phi) is 5.00. The summed E-state index contributed by atoms with van der Waals surface area (Å²) in [5, 5.41) is 13.0. The number of hydrogen-bond acceptors (Lipinski definition) is 3. The van der Waals surface area contributed by atoms with Gasteiger partial charge in [0.2, 0.25) is 0 Å². The van der Waals surface area contributed by atoms with E-state index in [9.17, 15) is 9.59 Å². The number of carboxylic acids is 1. The molecule has 1 aromatic rings. The van der Waals surface area contributed by atoms with Crippen molar-refractivity contribution in [3.05, 3.63) is 22.4 Å². The smallest absolute Gasteiger partial charge is 0.323 e. The maximum Gasteiger partial charge on any atom is 0.323 e. The zero-order valence-electron chi connectivity index (χ0n) is 11.6. The van der Waals surface area contributed by atoms with Crippen LogP contribution in [-0.2, 0) is 11.3 Å². The average molecular weight is 296 g/mol. The van der Waals surface area contributed by atoms with Gasteiger partial charge in [-0.1, -0.05) is 6.92 Å². The largest absolute Gasteiger partial charge is 0.480 e. The molecule has 20 heavy (non-hydrogen) atoms. The molecule has 0 radical (unpaired) electrons. The fourth-order valence-electron chi connectivity index (χ4n) is 2.18. The van der Waals surface area contributed by atoms with Crippen LogP contribution in [0.1, 0.15) is 31.7 Å². The van der Waals surface area contributed by atoms with Crippen LogP contribution in [-0.4, -0.2) is 46.0 Å². The molecule has 0 spiro atoms. The van der Waals surface area contributed by atoms with Crippen molar-refractivity contribution in [3.8, 4) is 0 Å². The lowest BCUT2D eigenvalue weighted by Crippen LogP contribution is -2.46. The summed E-state index contributed by atoms with van der Waals surface area (Å²) in [4.78, 5) is 26.7. The van der Waals surface area contributed by atoms with Crippen LogP contribution in [0.4, 0.5) is 4.79 Å².